The maximum Gasteiger partial charge on any atom is 0.252 e. The molecule has 3 N–H and O–H groups in total. The number of carbonyl (C=O) groups is 1. The Labute approximate surface area is 167 Å². The number of fused-ring (bicyclic) bond motifs is 1. The van der Waals surface area contributed by atoms with E-state index in [0.29, 0.717) is 17.9 Å². The molecule has 0 atom stereocenters. The first-order valence-electron chi connectivity index (χ1n) is 9.16. The van der Waals surface area contributed by atoms with Crippen LogP contribution in [-0.4, -0.2) is 44.7 Å². The predicted octanol–water partition coefficient (Wildman–Crippen LogP) is 3.28. The number of nitrogens with one attached hydrogen (secondary N) is 3. The summed E-state index contributed by atoms with van der Waals surface area (Å²) in [6, 6.07) is 7.46. The second kappa shape index (κ2) is 7.97. The lowest BCUT2D eigenvalue weighted by molar-refractivity contribution is 0.0955. The summed E-state index contributed by atoms with van der Waals surface area (Å²) in [6.07, 6.45) is 8.77. The number of H-pyrrole nitrogens is 2. The standard InChI is InChI=1S/C21H20N6O2/c1-3-23-21(28)15-8-13(10-22-11-15)4-5-14-12-24-27-19(14)20-25-17-7-6-16(29-2)9-18(17)26-20/h4-12H,3H2,1-2H3,(H,23,28)(H,24,27)(H,25,26)/b5-4-. The van der Waals surface area contributed by atoms with Crippen LogP contribution in [0.25, 0.3) is 34.7 Å². The third-order valence-electron chi connectivity index (χ3n) is 4.41. The quantitative estimate of drug-likeness (QED) is 0.470. The second-order valence-electron chi connectivity index (χ2n) is 6.37. The van der Waals surface area contributed by atoms with Crippen LogP contribution in [0.5, 0.6) is 5.75 Å². The van der Waals surface area contributed by atoms with Crippen molar-refractivity contribution in [1.82, 2.24) is 30.5 Å². The molecule has 1 aromatic carbocycles. The molecule has 0 saturated heterocycles. The average molecular weight is 388 g/mol. The van der Waals surface area contributed by atoms with E-state index in [-0.39, 0.29) is 5.91 Å². The highest BCUT2D eigenvalue weighted by atomic mass is 16.5. The number of rotatable bonds is 6. The zero-order chi connectivity index (χ0) is 20.2. The molecular weight excluding hydrogens is 368 g/mol. The number of aromatic nitrogens is 5. The first-order valence-corrected chi connectivity index (χ1v) is 9.16. The van der Waals surface area contributed by atoms with Crippen molar-refractivity contribution in [2.45, 2.75) is 6.92 Å². The fourth-order valence-electron chi connectivity index (χ4n) is 2.97. The monoisotopic (exact) mass is 388 g/mol. The molecule has 29 heavy (non-hydrogen) atoms. The van der Waals surface area contributed by atoms with Gasteiger partial charge < -0.3 is 15.0 Å². The lowest BCUT2D eigenvalue weighted by atomic mass is 10.1. The first-order chi connectivity index (χ1) is 14.2. The second-order valence-corrected chi connectivity index (χ2v) is 6.37. The van der Waals surface area contributed by atoms with Crippen molar-refractivity contribution in [2.24, 2.45) is 0 Å². The molecular formula is C21H20N6O2. The number of nitrogens with zero attached hydrogens (tertiary/aromatic N) is 3. The summed E-state index contributed by atoms with van der Waals surface area (Å²) in [5.41, 5.74) is 4.68. The van der Waals surface area contributed by atoms with Crippen LogP contribution in [0.1, 0.15) is 28.4 Å². The minimum Gasteiger partial charge on any atom is -0.497 e. The number of imidazole rings is 1. The molecule has 0 unspecified atom stereocenters. The van der Waals surface area contributed by atoms with Crippen molar-refractivity contribution in [2.75, 3.05) is 13.7 Å². The Morgan fingerprint density at radius 1 is 1.21 bits per heavy atom. The molecule has 8 heteroatoms. The van der Waals surface area contributed by atoms with Gasteiger partial charge in [-0.25, -0.2) is 4.98 Å². The van der Waals surface area contributed by atoms with E-state index in [4.69, 9.17) is 4.74 Å². The van der Waals surface area contributed by atoms with Crippen LogP contribution < -0.4 is 10.1 Å². The largest absolute Gasteiger partial charge is 0.497 e. The Balaban J connectivity index is 1.62. The van der Waals surface area contributed by atoms with Crippen molar-refractivity contribution in [3.05, 3.63) is 59.5 Å². The molecule has 146 valence electrons. The normalized spacial score (nSPS) is 11.2. The number of ether oxygens (including phenoxy) is 1. The van der Waals surface area contributed by atoms with Crippen LogP contribution in [0.15, 0.2) is 42.9 Å². The van der Waals surface area contributed by atoms with Gasteiger partial charge in [0.2, 0.25) is 0 Å². The summed E-state index contributed by atoms with van der Waals surface area (Å²) < 4.78 is 5.26. The molecule has 0 aliphatic carbocycles. The minimum atomic E-state index is -0.142. The fourth-order valence-corrected chi connectivity index (χ4v) is 2.97. The third-order valence-corrected chi connectivity index (χ3v) is 4.41. The van der Waals surface area contributed by atoms with Gasteiger partial charge in [-0.3, -0.25) is 14.9 Å². The Kier molecular flexibility index (Phi) is 5.07. The third kappa shape index (κ3) is 3.86. The summed E-state index contributed by atoms with van der Waals surface area (Å²) in [6.45, 7) is 2.45. The van der Waals surface area contributed by atoms with Crippen molar-refractivity contribution in [3.63, 3.8) is 0 Å². The SMILES string of the molecule is CCNC(=O)c1cncc(/C=C\c2cn[nH]c2-c2nc3ccc(OC)cc3[nH]2)c1. The molecule has 0 bridgehead atoms. The summed E-state index contributed by atoms with van der Waals surface area (Å²) >= 11 is 0. The summed E-state index contributed by atoms with van der Waals surface area (Å²) in [4.78, 5) is 24.0. The van der Waals surface area contributed by atoms with Gasteiger partial charge in [-0.2, -0.15) is 5.10 Å². The zero-order valence-electron chi connectivity index (χ0n) is 16.1. The number of pyridine rings is 1. The highest BCUT2D eigenvalue weighted by Crippen LogP contribution is 2.25. The van der Waals surface area contributed by atoms with Crippen LogP contribution in [-0.2, 0) is 0 Å². The van der Waals surface area contributed by atoms with Gasteiger partial charge in [0.25, 0.3) is 5.91 Å². The maximum atomic E-state index is 12.0. The summed E-state index contributed by atoms with van der Waals surface area (Å²) in [5.74, 6) is 1.30. The van der Waals surface area contributed by atoms with Crippen LogP contribution in [0.4, 0.5) is 0 Å². The first kappa shape index (κ1) is 18.4. The lowest BCUT2D eigenvalue weighted by Crippen LogP contribution is -2.22. The van der Waals surface area contributed by atoms with E-state index in [1.54, 1.807) is 31.8 Å². The van der Waals surface area contributed by atoms with Crippen molar-refractivity contribution >= 4 is 29.1 Å². The number of hydrogen-bond donors (Lipinski definition) is 3. The van der Waals surface area contributed by atoms with Crippen LogP contribution in [0, 0.1) is 0 Å². The number of hydrogen-bond acceptors (Lipinski definition) is 5. The number of methoxy groups -OCH3 is 1. The molecule has 0 saturated carbocycles. The average Bonchev–Trinajstić information content (AvgIpc) is 3.38. The van der Waals surface area contributed by atoms with Gasteiger partial charge in [-0.05, 0) is 30.7 Å². The van der Waals surface area contributed by atoms with Crippen LogP contribution in [0.3, 0.4) is 0 Å². The number of aromatic amines is 2. The van der Waals surface area contributed by atoms with Gasteiger partial charge in [0, 0.05) is 30.6 Å². The van der Waals surface area contributed by atoms with Gasteiger partial charge in [-0.1, -0.05) is 12.2 Å². The molecule has 0 aliphatic rings. The molecule has 3 aromatic heterocycles. The topological polar surface area (TPSA) is 109 Å². The highest BCUT2D eigenvalue weighted by molar-refractivity contribution is 5.94. The Bertz CT molecular complexity index is 1190. The van der Waals surface area contributed by atoms with E-state index in [2.05, 4.69) is 30.5 Å². The highest BCUT2D eigenvalue weighted by Gasteiger charge is 2.11. The molecule has 0 aliphatic heterocycles. The Morgan fingerprint density at radius 2 is 2.10 bits per heavy atom. The predicted molar refractivity (Wildman–Crippen MR) is 111 cm³/mol. The fraction of sp³-hybridized carbons (Fsp3) is 0.143. The maximum absolute atomic E-state index is 12.0. The number of carbonyl (C=O) groups excluding carboxylic acids is 1. The van der Waals surface area contributed by atoms with E-state index in [1.165, 1.54) is 0 Å². The minimum absolute atomic E-state index is 0.142. The lowest BCUT2D eigenvalue weighted by Gasteiger charge is -2.02. The smallest absolute Gasteiger partial charge is 0.252 e. The zero-order valence-corrected chi connectivity index (χ0v) is 16.1. The van der Waals surface area contributed by atoms with E-state index in [9.17, 15) is 4.79 Å². The summed E-state index contributed by atoms with van der Waals surface area (Å²) in [5, 5.41) is 9.90. The van der Waals surface area contributed by atoms with Gasteiger partial charge in [0.15, 0.2) is 5.82 Å². The number of benzene rings is 1. The van der Waals surface area contributed by atoms with Crippen molar-refractivity contribution in [1.29, 1.82) is 0 Å². The van der Waals surface area contributed by atoms with E-state index < -0.39 is 0 Å². The Hall–Kier alpha value is -3.94. The molecule has 8 nitrogen and oxygen atoms in total. The van der Waals surface area contributed by atoms with Gasteiger partial charge >= 0.3 is 0 Å². The van der Waals surface area contributed by atoms with Crippen molar-refractivity contribution in [3.8, 4) is 17.3 Å². The number of amides is 1. The van der Waals surface area contributed by atoms with Crippen molar-refractivity contribution < 1.29 is 9.53 Å². The molecule has 1 amide bonds. The van der Waals surface area contributed by atoms with E-state index in [0.717, 1.165) is 33.6 Å². The van der Waals surface area contributed by atoms with Gasteiger partial charge in [0.05, 0.1) is 29.9 Å². The molecule has 0 spiro atoms. The molecule has 3 heterocycles. The molecule has 0 fully saturated rings. The van der Waals surface area contributed by atoms with Crippen LogP contribution in [0.2, 0.25) is 0 Å². The summed E-state index contributed by atoms with van der Waals surface area (Å²) in [7, 11) is 1.63. The van der Waals surface area contributed by atoms with Gasteiger partial charge in [-0.15, -0.1) is 0 Å². The molecule has 4 aromatic rings. The van der Waals surface area contributed by atoms with E-state index >= 15 is 0 Å². The van der Waals surface area contributed by atoms with Gasteiger partial charge in [0.1, 0.15) is 11.4 Å². The molecule has 0 radical (unpaired) electrons. The Morgan fingerprint density at radius 3 is 2.93 bits per heavy atom. The molecule has 4 rings (SSSR count). The van der Waals surface area contributed by atoms with Crippen LogP contribution >= 0.6 is 0 Å². The van der Waals surface area contributed by atoms with E-state index in [1.807, 2.05) is 37.3 Å².